The Morgan fingerprint density at radius 1 is 0.438 bits per heavy atom. The zero-order valence-corrected chi connectivity index (χ0v) is 51.3. The van der Waals surface area contributed by atoms with Crippen LogP contribution in [0.5, 0.6) is 0 Å². The van der Waals surface area contributed by atoms with Crippen molar-refractivity contribution < 1.29 is 39.8 Å². The Bertz CT molecular complexity index is 1630. The molecule has 0 spiro atoms. The first-order valence-electron chi connectivity index (χ1n) is 33.1. The lowest BCUT2D eigenvalue weighted by Gasteiger charge is -2.40. The number of amides is 1. The van der Waals surface area contributed by atoms with Crippen molar-refractivity contribution in [2.24, 2.45) is 0 Å². The molecule has 1 saturated heterocycles. The third kappa shape index (κ3) is 47.4. The number of carbonyl (C=O) groups excluding carboxylic acids is 1. The van der Waals surface area contributed by atoms with Crippen LogP contribution in [0.2, 0.25) is 0 Å². The van der Waals surface area contributed by atoms with Gasteiger partial charge in [-0.05, 0) is 89.9 Å². The van der Waals surface area contributed by atoms with Crippen LogP contribution in [-0.2, 0) is 14.3 Å². The third-order valence-corrected chi connectivity index (χ3v) is 15.1. The topological polar surface area (TPSA) is 149 Å². The van der Waals surface area contributed by atoms with Crippen LogP contribution in [0.15, 0.2) is 109 Å². The molecule has 0 aromatic heterocycles. The summed E-state index contributed by atoms with van der Waals surface area (Å²) < 4.78 is 11.3. The number of ether oxygens (including phenoxy) is 2. The second kappa shape index (κ2) is 59.0. The van der Waals surface area contributed by atoms with Gasteiger partial charge in [0.1, 0.15) is 24.4 Å². The third-order valence-electron chi connectivity index (χ3n) is 15.1. The molecule has 9 heteroatoms. The molecule has 1 amide bonds. The Morgan fingerprint density at radius 3 is 1.20 bits per heavy atom. The number of rotatable bonds is 56. The monoisotopic (exact) mass is 1120 g/mol. The molecular weight excluding hydrogens is 995 g/mol. The van der Waals surface area contributed by atoms with E-state index < -0.39 is 49.5 Å². The second-order valence-corrected chi connectivity index (χ2v) is 22.5. The van der Waals surface area contributed by atoms with E-state index in [4.69, 9.17) is 9.47 Å². The summed E-state index contributed by atoms with van der Waals surface area (Å²) >= 11 is 0. The van der Waals surface area contributed by atoms with Crippen LogP contribution in [0.1, 0.15) is 277 Å². The quantitative estimate of drug-likeness (QED) is 0.0261. The van der Waals surface area contributed by atoms with Crippen molar-refractivity contribution in [3.63, 3.8) is 0 Å². The van der Waals surface area contributed by atoms with Crippen molar-refractivity contribution in [2.75, 3.05) is 13.2 Å². The van der Waals surface area contributed by atoms with Gasteiger partial charge in [0.15, 0.2) is 6.29 Å². The van der Waals surface area contributed by atoms with Crippen LogP contribution in [0.3, 0.4) is 0 Å². The van der Waals surface area contributed by atoms with Crippen molar-refractivity contribution in [3.8, 4) is 0 Å². The van der Waals surface area contributed by atoms with Crippen molar-refractivity contribution in [1.82, 2.24) is 5.32 Å². The maximum Gasteiger partial charge on any atom is 0.220 e. The highest BCUT2D eigenvalue weighted by Gasteiger charge is 2.44. The average molecular weight is 1120 g/mol. The van der Waals surface area contributed by atoms with Crippen LogP contribution in [0.4, 0.5) is 0 Å². The van der Waals surface area contributed by atoms with Gasteiger partial charge in [0.2, 0.25) is 5.91 Å². The van der Waals surface area contributed by atoms with Gasteiger partial charge >= 0.3 is 0 Å². The first kappa shape index (κ1) is 74.9. The molecule has 1 fully saturated rings. The highest BCUT2D eigenvalue weighted by Crippen LogP contribution is 2.23. The van der Waals surface area contributed by atoms with E-state index >= 15 is 0 Å². The number of unbranched alkanes of at least 4 members (excludes halogenated alkanes) is 30. The first-order valence-corrected chi connectivity index (χ1v) is 33.1. The highest BCUT2D eigenvalue weighted by atomic mass is 16.7. The zero-order chi connectivity index (χ0) is 57.9. The van der Waals surface area contributed by atoms with Crippen LogP contribution >= 0.6 is 0 Å². The molecule has 1 aliphatic heterocycles. The maximum atomic E-state index is 13.1. The Morgan fingerprint density at radius 2 is 0.787 bits per heavy atom. The smallest absolute Gasteiger partial charge is 0.220 e. The number of nitrogens with one attached hydrogen (secondary N) is 1. The van der Waals surface area contributed by atoms with E-state index in [-0.39, 0.29) is 12.5 Å². The fraction of sp³-hybridized carbons (Fsp3) is 0.732. The second-order valence-electron chi connectivity index (χ2n) is 22.5. The Hall–Kier alpha value is -3.15. The normalized spacial score (nSPS) is 19.2. The summed E-state index contributed by atoms with van der Waals surface area (Å²) in [5.41, 5.74) is 0. The van der Waals surface area contributed by atoms with Crippen molar-refractivity contribution in [1.29, 1.82) is 0 Å². The Kier molecular flexibility index (Phi) is 55.2. The van der Waals surface area contributed by atoms with Gasteiger partial charge < -0.3 is 40.3 Å². The number of allylic oxidation sites excluding steroid dienone is 17. The molecule has 6 N–H and O–H groups in total. The summed E-state index contributed by atoms with van der Waals surface area (Å²) in [5.74, 6) is -0.208. The number of hydrogen-bond donors (Lipinski definition) is 6. The van der Waals surface area contributed by atoms with Crippen molar-refractivity contribution in [2.45, 2.75) is 320 Å². The molecule has 7 unspecified atom stereocenters. The zero-order valence-electron chi connectivity index (χ0n) is 51.3. The van der Waals surface area contributed by atoms with Gasteiger partial charge in [-0.2, -0.15) is 0 Å². The molecule has 0 aromatic rings. The number of aliphatic hydroxyl groups excluding tert-OH is 5. The molecule has 0 aliphatic carbocycles. The molecule has 80 heavy (non-hydrogen) atoms. The SMILES string of the molecule is CC/C=C\C/C=C\C/C=C\C/C=C\C/C=C\C/C=C\C/C=C\CCCCCCCC(=O)NC(COC1OC(CO)C(O)C(O)C1O)C(O)/C=C/CC/C=C/CCCCCCCCCCCCCCCCCCCCCCCCCC. The molecule has 1 aliphatic rings. The molecule has 7 atom stereocenters. The van der Waals surface area contributed by atoms with E-state index in [0.717, 1.165) is 103 Å². The van der Waals surface area contributed by atoms with E-state index in [0.29, 0.717) is 6.42 Å². The summed E-state index contributed by atoms with van der Waals surface area (Å²) in [7, 11) is 0. The lowest BCUT2D eigenvalue weighted by atomic mass is 9.99. The van der Waals surface area contributed by atoms with E-state index in [2.05, 4.69) is 116 Å². The van der Waals surface area contributed by atoms with E-state index in [1.807, 2.05) is 6.08 Å². The average Bonchev–Trinajstić information content (AvgIpc) is 3.46. The maximum absolute atomic E-state index is 13.1. The van der Waals surface area contributed by atoms with E-state index in [1.54, 1.807) is 6.08 Å². The van der Waals surface area contributed by atoms with Crippen LogP contribution < -0.4 is 5.32 Å². The minimum atomic E-state index is -1.58. The molecule has 460 valence electrons. The molecule has 0 bridgehead atoms. The lowest BCUT2D eigenvalue weighted by Crippen LogP contribution is -2.60. The van der Waals surface area contributed by atoms with E-state index in [1.165, 1.54) is 154 Å². The molecule has 9 nitrogen and oxygen atoms in total. The van der Waals surface area contributed by atoms with Crippen molar-refractivity contribution in [3.05, 3.63) is 109 Å². The molecule has 1 heterocycles. The van der Waals surface area contributed by atoms with Gasteiger partial charge in [0.25, 0.3) is 0 Å². The standard InChI is InChI=1S/C71H123NO8/c1-3-5-7-9-11-13-15-17-19-21-23-25-27-29-31-32-33-35-36-38-40-42-44-46-48-50-52-54-56-58-60-65(74)64(63-79-71-70(78)69(77)68(76)66(62-73)80-71)72-67(75)61-59-57-55-53-51-49-47-45-43-41-39-37-34-30-28-26-24-22-20-18-16-14-12-10-8-6-4-2/h6,8,12,14,18,20,24,26,30,34,39,41,45,47,50,52,58,60,64-66,68-71,73-74,76-78H,3-5,7,9-11,13,15-17,19,21-23,25,27-29,31-33,35-38,40,42-44,46,48-49,51,53-57,59,61-63H2,1-2H3,(H,72,75)/b8-6-,14-12-,20-18-,26-24-,34-30-,41-39-,47-45-,52-50+,60-58+. The van der Waals surface area contributed by atoms with Gasteiger partial charge in [-0.1, -0.05) is 290 Å². The van der Waals surface area contributed by atoms with Gasteiger partial charge in [0, 0.05) is 6.42 Å². The van der Waals surface area contributed by atoms with Crippen LogP contribution in [0.25, 0.3) is 0 Å². The molecule has 1 rings (SSSR count). The fourth-order valence-corrected chi connectivity index (χ4v) is 9.92. The van der Waals surface area contributed by atoms with Crippen LogP contribution in [0, 0.1) is 0 Å². The summed E-state index contributed by atoms with van der Waals surface area (Å²) in [6.07, 6.45) is 80.4. The predicted molar refractivity (Wildman–Crippen MR) is 341 cm³/mol. The summed E-state index contributed by atoms with van der Waals surface area (Å²) in [5, 5.41) is 54.7. The van der Waals surface area contributed by atoms with E-state index in [9.17, 15) is 30.3 Å². The fourth-order valence-electron chi connectivity index (χ4n) is 9.92. The lowest BCUT2D eigenvalue weighted by molar-refractivity contribution is -0.302. The molecule has 0 radical (unpaired) electrons. The number of aliphatic hydroxyl groups is 5. The largest absolute Gasteiger partial charge is 0.394 e. The van der Waals surface area contributed by atoms with Gasteiger partial charge in [-0.3, -0.25) is 4.79 Å². The van der Waals surface area contributed by atoms with Gasteiger partial charge in [-0.15, -0.1) is 0 Å². The molecule has 0 saturated carbocycles. The Labute approximate surface area is 491 Å². The Balaban J connectivity index is 2.22. The highest BCUT2D eigenvalue weighted by molar-refractivity contribution is 5.76. The molecule has 0 aromatic carbocycles. The first-order chi connectivity index (χ1) is 39.3. The summed E-state index contributed by atoms with van der Waals surface area (Å²) in [6, 6.07) is -0.843. The minimum absolute atomic E-state index is 0.208. The summed E-state index contributed by atoms with van der Waals surface area (Å²) in [4.78, 5) is 13.1. The van der Waals surface area contributed by atoms with Gasteiger partial charge in [0.05, 0.1) is 25.4 Å². The minimum Gasteiger partial charge on any atom is -0.394 e. The van der Waals surface area contributed by atoms with Crippen molar-refractivity contribution >= 4 is 5.91 Å². The summed E-state index contributed by atoms with van der Waals surface area (Å²) in [6.45, 7) is 3.66. The number of carbonyl (C=O) groups is 1. The van der Waals surface area contributed by atoms with Crippen LogP contribution in [-0.4, -0.2) is 87.5 Å². The molecular formula is C71H123NO8. The predicted octanol–water partition coefficient (Wildman–Crippen LogP) is 17.7. The number of hydrogen-bond acceptors (Lipinski definition) is 8. The van der Waals surface area contributed by atoms with Gasteiger partial charge in [-0.25, -0.2) is 0 Å².